The minimum atomic E-state index is 0.533. The molecule has 1 saturated heterocycles. The van der Waals surface area contributed by atoms with Crippen LogP contribution in [0.2, 0.25) is 0 Å². The molecule has 0 N–H and O–H groups in total. The highest BCUT2D eigenvalue weighted by molar-refractivity contribution is 5.15. The van der Waals surface area contributed by atoms with Gasteiger partial charge in [-0.2, -0.15) is 0 Å². The normalized spacial score (nSPS) is 20.1. The maximum Gasteiger partial charge on any atom is 0.0838 e. The van der Waals surface area contributed by atoms with Crippen LogP contribution in [-0.4, -0.2) is 12.7 Å². The Morgan fingerprint density at radius 2 is 1.80 bits per heavy atom. The molecular weight excluding hydrogens is 184 g/mol. The van der Waals surface area contributed by atoms with E-state index in [1.165, 1.54) is 12.0 Å². The molecule has 1 unspecified atom stereocenters. The molecule has 0 radical (unpaired) electrons. The van der Waals surface area contributed by atoms with Crippen molar-refractivity contribution in [3.8, 4) is 0 Å². The monoisotopic (exact) mass is 206 g/mol. The maximum absolute atomic E-state index is 5.24. The minimum absolute atomic E-state index is 0.533. The van der Waals surface area contributed by atoms with Gasteiger partial charge in [0.2, 0.25) is 0 Å². The van der Waals surface area contributed by atoms with Gasteiger partial charge in [0.1, 0.15) is 0 Å². The van der Waals surface area contributed by atoms with Gasteiger partial charge in [-0.3, -0.25) is 0 Å². The Balaban J connectivity index is 0.000000337. The van der Waals surface area contributed by atoms with Gasteiger partial charge in [0.05, 0.1) is 12.7 Å². The Bertz CT molecular complexity index is 251. The molecule has 2 rings (SSSR count). The van der Waals surface area contributed by atoms with E-state index in [4.69, 9.17) is 4.74 Å². The minimum Gasteiger partial charge on any atom is -0.373 e. The van der Waals surface area contributed by atoms with Gasteiger partial charge in [0, 0.05) is 0 Å². The van der Waals surface area contributed by atoms with E-state index in [0.717, 1.165) is 13.0 Å². The molecule has 1 aromatic rings. The first-order valence-electron chi connectivity index (χ1n) is 5.93. The van der Waals surface area contributed by atoms with Crippen LogP contribution in [0.4, 0.5) is 0 Å². The summed E-state index contributed by atoms with van der Waals surface area (Å²) in [7, 11) is 0. The van der Waals surface area contributed by atoms with Crippen LogP contribution in [0.5, 0.6) is 0 Å². The van der Waals surface area contributed by atoms with Gasteiger partial charge in [-0.05, 0) is 17.9 Å². The van der Waals surface area contributed by atoms with E-state index in [1.54, 1.807) is 0 Å². The first-order valence-corrected chi connectivity index (χ1v) is 5.93. The van der Waals surface area contributed by atoms with E-state index in [2.05, 4.69) is 51.1 Å². The van der Waals surface area contributed by atoms with Gasteiger partial charge >= 0.3 is 0 Å². The predicted octanol–water partition coefficient (Wildman–Crippen LogP) is 3.68. The Morgan fingerprint density at radius 3 is 2.27 bits per heavy atom. The first kappa shape index (κ1) is 12.3. The van der Waals surface area contributed by atoms with Crippen molar-refractivity contribution < 1.29 is 4.74 Å². The maximum atomic E-state index is 5.24. The summed E-state index contributed by atoms with van der Waals surface area (Å²) in [5.41, 5.74) is 1.42. The largest absolute Gasteiger partial charge is 0.373 e. The molecule has 1 aliphatic rings. The summed E-state index contributed by atoms with van der Waals surface area (Å²) in [6.07, 6.45) is 2.93. The average Bonchev–Trinajstić information content (AvgIpc) is 3.03. The second kappa shape index (κ2) is 6.62. The Morgan fingerprint density at radius 1 is 1.27 bits per heavy atom. The van der Waals surface area contributed by atoms with Crippen molar-refractivity contribution in [3.63, 3.8) is 0 Å². The Hall–Kier alpha value is -0.820. The summed E-state index contributed by atoms with van der Waals surface area (Å²) in [5, 5.41) is 0. The number of epoxide rings is 1. The lowest BCUT2D eigenvalue weighted by Gasteiger charge is -2.06. The molecule has 1 heterocycles. The number of benzene rings is 1. The lowest BCUT2D eigenvalue weighted by Crippen LogP contribution is -2.06. The quantitative estimate of drug-likeness (QED) is 0.687. The van der Waals surface area contributed by atoms with Crippen LogP contribution in [0, 0.1) is 5.92 Å². The van der Waals surface area contributed by atoms with Crippen LogP contribution in [0.3, 0.4) is 0 Å². The average molecular weight is 206 g/mol. The zero-order chi connectivity index (χ0) is 11.1. The van der Waals surface area contributed by atoms with Crippen molar-refractivity contribution in [3.05, 3.63) is 35.9 Å². The van der Waals surface area contributed by atoms with Crippen molar-refractivity contribution in [2.45, 2.75) is 39.7 Å². The third kappa shape index (κ3) is 4.98. The van der Waals surface area contributed by atoms with Gasteiger partial charge in [0.25, 0.3) is 0 Å². The number of rotatable bonds is 3. The molecule has 84 valence electrons. The van der Waals surface area contributed by atoms with Crippen LogP contribution >= 0.6 is 0 Å². The number of hydrogen-bond donors (Lipinski definition) is 0. The van der Waals surface area contributed by atoms with Crippen LogP contribution < -0.4 is 0 Å². The highest BCUT2D eigenvalue weighted by atomic mass is 16.6. The van der Waals surface area contributed by atoms with Gasteiger partial charge < -0.3 is 4.74 Å². The predicted molar refractivity (Wildman–Crippen MR) is 65.0 cm³/mol. The van der Waals surface area contributed by atoms with Gasteiger partial charge in [-0.15, -0.1) is 0 Å². The molecule has 1 aliphatic heterocycles. The number of hydrogen-bond acceptors (Lipinski definition) is 1. The molecule has 0 saturated carbocycles. The Labute approximate surface area is 93.5 Å². The Kier molecular flexibility index (Phi) is 5.41. The van der Waals surface area contributed by atoms with Crippen LogP contribution in [-0.2, 0) is 11.2 Å². The lowest BCUT2D eigenvalue weighted by atomic mass is 9.99. The highest BCUT2D eigenvalue weighted by Gasteiger charge is 2.28. The van der Waals surface area contributed by atoms with E-state index in [-0.39, 0.29) is 0 Å². The summed E-state index contributed by atoms with van der Waals surface area (Å²) in [4.78, 5) is 0. The van der Waals surface area contributed by atoms with Gasteiger partial charge in [-0.1, -0.05) is 57.5 Å². The zero-order valence-electron chi connectivity index (χ0n) is 10.1. The summed E-state index contributed by atoms with van der Waals surface area (Å²) >= 11 is 0. The number of ether oxygens (including phenoxy) is 1. The van der Waals surface area contributed by atoms with E-state index < -0.39 is 0 Å². The smallest absolute Gasteiger partial charge is 0.0838 e. The second-order valence-corrected chi connectivity index (χ2v) is 4.25. The van der Waals surface area contributed by atoms with E-state index >= 15 is 0 Å². The summed E-state index contributed by atoms with van der Waals surface area (Å²) in [5.74, 6) is 0.674. The fourth-order valence-electron chi connectivity index (χ4n) is 1.50. The first-order chi connectivity index (χ1) is 7.27. The molecule has 1 aromatic carbocycles. The van der Waals surface area contributed by atoms with Crippen molar-refractivity contribution in [1.29, 1.82) is 0 Å². The SMILES string of the molecule is CC(Cc1ccccc1)[C@H]1CO1.CCC. The molecule has 0 aliphatic carbocycles. The topological polar surface area (TPSA) is 12.5 Å². The van der Waals surface area contributed by atoms with Crippen LogP contribution in [0.25, 0.3) is 0 Å². The fraction of sp³-hybridized carbons (Fsp3) is 0.571. The second-order valence-electron chi connectivity index (χ2n) is 4.25. The third-order valence-electron chi connectivity index (χ3n) is 2.39. The van der Waals surface area contributed by atoms with Crippen molar-refractivity contribution in [2.24, 2.45) is 5.92 Å². The fourth-order valence-corrected chi connectivity index (χ4v) is 1.50. The molecule has 0 amide bonds. The molecule has 1 heteroatoms. The van der Waals surface area contributed by atoms with Gasteiger partial charge in [0.15, 0.2) is 0 Å². The molecule has 0 aromatic heterocycles. The molecule has 1 nitrogen and oxygen atoms in total. The van der Waals surface area contributed by atoms with Crippen molar-refractivity contribution in [2.75, 3.05) is 6.61 Å². The molecule has 1 fully saturated rings. The molecular formula is C14H22O. The van der Waals surface area contributed by atoms with E-state index in [9.17, 15) is 0 Å². The molecule has 15 heavy (non-hydrogen) atoms. The lowest BCUT2D eigenvalue weighted by molar-refractivity contribution is 0.341. The van der Waals surface area contributed by atoms with E-state index in [0.29, 0.717) is 12.0 Å². The van der Waals surface area contributed by atoms with Crippen LogP contribution in [0.1, 0.15) is 32.8 Å². The highest BCUT2D eigenvalue weighted by Crippen LogP contribution is 2.22. The zero-order valence-corrected chi connectivity index (χ0v) is 10.1. The molecule has 0 spiro atoms. The van der Waals surface area contributed by atoms with Crippen LogP contribution in [0.15, 0.2) is 30.3 Å². The summed E-state index contributed by atoms with van der Waals surface area (Å²) in [6, 6.07) is 10.6. The summed E-state index contributed by atoms with van der Waals surface area (Å²) in [6.45, 7) is 7.47. The molecule has 2 atom stereocenters. The third-order valence-corrected chi connectivity index (χ3v) is 2.39. The molecule has 0 bridgehead atoms. The van der Waals surface area contributed by atoms with Gasteiger partial charge in [-0.25, -0.2) is 0 Å². The standard InChI is InChI=1S/C11H14O.C3H8/c1-9(11-8-12-11)7-10-5-3-2-4-6-10;1-3-2/h2-6,9,11H,7-8H2,1H3;3H2,1-2H3/t9?,11-;/m1./s1. The summed E-state index contributed by atoms with van der Waals surface area (Å²) < 4.78 is 5.24. The van der Waals surface area contributed by atoms with Crippen molar-refractivity contribution in [1.82, 2.24) is 0 Å². The van der Waals surface area contributed by atoms with E-state index in [1.807, 2.05) is 0 Å². The van der Waals surface area contributed by atoms with Crippen molar-refractivity contribution >= 4 is 0 Å².